The van der Waals surface area contributed by atoms with Gasteiger partial charge in [-0.05, 0) is 29.9 Å². The van der Waals surface area contributed by atoms with Crippen LogP contribution in [0.1, 0.15) is 16.8 Å². The van der Waals surface area contributed by atoms with Crippen LogP contribution in [0.15, 0.2) is 12.3 Å². The number of carbonyl (C=O) groups is 1. The van der Waals surface area contributed by atoms with E-state index in [1.807, 2.05) is 11.8 Å². The summed E-state index contributed by atoms with van der Waals surface area (Å²) in [4.78, 5) is 15.4. The van der Waals surface area contributed by atoms with Crippen LogP contribution in [-0.4, -0.2) is 28.9 Å². The molecule has 1 unspecified atom stereocenters. The van der Waals surface area contributed by atoms with Crippen LogP contribution >= 0.6 is 23.4 Å². The van der Waals surface area contributed by atoms with E-state index in [9.17, 15) is 9.18 Å². The number of halogens is 2. The summed E-state index contributed by atoms with van der Waals surface area (Å²) in [6.07, 6.45) is 2.10. The Morgan fingerprint density at radius 2 is 2.53 bits per heavy atom. The van der Waals surface area contributed by atoms with Crippen molar-refractivity contribution < 1.29 is 9.18 Å². The van der Waals surface area contributed by atoms with Crippen molar-refractivity contribution in [3.63, 3.8) is 0 Å². The predicted molar refractivity (Wildman–Crippen MR) is 67.0 cm³/mol. The zero-order valence-electron chi connectivity index (χ0n) is 9.08. The Morgan fingerprint density at radius 3 is 3.24 bits per heavy atom. The van der Waals surface area contributed by atoms with Crippen LogP contribution in [0.4, 0.5) is 4.39 Å². The minimum Gasteiger partial charge on any atom is -0.352 e. The quantitative estimate of drug-likeness (QED) is 0.861. The van der Waals surface area contributed by atoms with Crippen molar-refractivity contribution in [2.75, 3.05) is 18.1 Å². The average Bonchev–Trinajstić information content (AvgIpc) is 2.82. The van der Waals surface area contributed by atoms with Crippen molar-refractivity contribution in [2.45, 2.75) is 6.42 Å². The van der Waals surface area contributed by atoms with Crippen molar-refractivity contribution in [1.29, 1.82) is 0 Å². The van der Waals surface area contributed by atoms with E-state index in [1.165, 1.54) is 0 Å². The van der Waals surface area contributed by atoms with Crippen LogP contribution in [0.2, 0.25) is 5.15 Å². The van der Waals surface area contributed by atoms with Gasteiger partial charge in [0.1, 0.15) is 11.0 Å². The number of rotatable bonds is 3. The minimum atomic E-state index is -0.559. The molecule has 1 aromatic heterocycles. The van der Waals surface area contributed by atoms with Crippen LogP contribution in [0.3, 0.4) is 0 Å². The molecule has 1 atom stereocenters. The molecule has 0 radical (unpaired) electrons. The van der Waals surface area contributed by atoms with Gasteiger partial charge in [-0.15, -0.1) is 0 Å². The largest absolute Gasteiger partial charge is 0.352 e. The number of hydrogen-bond acceptors (Lipinski definition) is 3. The summed E-state index contributed by atoms with van der Waals surface area (Å²) < 4.78 is 12.9. The molecule has 0 spiro atoms. The van der Waals surface area contributed by atoms with Gasteiger partial charge in [0, 0.05) is 6.54 Å². The molecule has 1 aliphatic rings. The van der Waals surface area contributed by atoms with Gasteiger partial charge in [0.25, 0.3) is 5.91 Å². The first-order valence-electron chi connectivity index (χ1n) is 5.34. The molecule has 0 aromatic carbocycles. The molecule has 0 saturated carbocycles. The zero-order valence-corrected chi connectivity index (χ0v) is 10.7. The minimum absolute atomic E-state index is 0.0321. The Hall–Kier alpha value is -0.810. The molecule has 0 bridgehead atoms. The number of nitrogens with zero attached hydrogens (tertiary/aromatic N) is 1. The van der Waals surface area contributed by atoms with Crippen molar-refractivity contribution in [2.24, 2.45) is 5.92 Å². The lowest BCUT2D eigenvalue weighted by atomic mass is 10.1. The maximum atomic E-state index is 12.9. The van der Waals surface area contributed by atoms with Gasteiger partial charge in [-0.25, -0.2) is 9.37 Å². The van der Waals surface area contributed by atoms with Gasteiger partial charge in [0.2, 0.25) is 0 Å². The summed E-state index contributed by atoms with van der Waals surface area (Å²) in [5, 5.41) is 2.80. The van der Waals surface area contributed by atoms with Crippen LogP contribution in [0, 0.1) is 11.7 Å². The first-order valence-corrected chi connectivity index (χ1v) is 6.87. The third kappa shape index (κ3) is 3.33. The number of aromatic nitrogens is 1. The third-order valence-electron chi connectivity index (χ3n) is 2.63. The second-order valence-corrected chi connectivity index (χ2v) is 5.44. The first kappa shape index (κ1) is 12.6. The predicted octanol–water partition coefficient (Wildman–Crippen LogP) is 2.36. The summed E-state index contributed by atoms with van der Waals surface area (Å²) >= 11 is 7.63. The highest BCUT2D eigenvalue weighted by molar-refractivity contribution is 7.99. The van der Waals surface area contributed by atoms with E-state index in [0.717, 1.165) is 30.2 Å². The molecule has 2 rings (SSSR count). The van der Waals surface area contributed by atoms with Crippen molar-refractivity contribution in [3.8, 4) is 0 Å². The first-order chi connectivity index (χ1) is 8.16. The number of thioether (sulfide) groups is 1. The number of hydrogen-bond donors (Lipinski definition) is 1. The molecular weight excluding hydrogens is 263 g/mol. The molecule has 1 N–H and O–H groups in total. The number of amides is 1. The molecule has 17 heavy (non-hydrogen) atoms. The summed E-state index contributed by atoms with van der Waals surface area (Å²) in [6, 6.07) is 1.11. The lowest BCUT2D eigenvalue weighted by Gasteiger charge is -2.10. The van der Waals surface area contributed by atoms with E-state index in [4.69, 9.17) is 11.6 Å². The Kier molecular flexibility index (Phi) is 4.23. The molecule has 1 aromatic rings. The average molecular weight is 275 g/mol. The van der Waals surface area contributed by atoms with E-state index in [1.54, 1.807) is 0 Å². The number of nitrogens with one attached hydrogen (secondary N) is 1. The molecule has 2 heterocycles. The summed E-state index contributed by atoms with van der Waals surface area (Å²) in [7, 11) is 0. The van der Waals surface area contributed by atoms with E-state index >= 15 is 0 Å². The molecule has 6 heteroatoms. The highest BCUT2D eigenvalue weighted by Gasteiger charge is 2.18. The summed E-state index contributed by atoms with van der Waals surface area (Å²) in [6.45, 7) is 0.610. The fraction of sp³-hybridized carbons (Fsp3) is 0.455. The SMILES string of the molecule is O=C(NCC1CCSC1)c1cc(F)cnc1Cl. The summed E-state index contributed by atoms with van der Waals surface area (Å²) in [5.74, 6) is 1.79. The molecule has 92 valence electrons. The van der Waals surface area contributed by atoms with Gasteiger partial charge in [-0.1, -0.05) is 11.6 Å². The molecule has 3 nitrogen and oxygen atoms in total. The molecule has 1 amide bonds. The second kappa shape index (κ2) is 5.69. The van der Waals surface area contributed by atoms with Gasteiger partial charge in [0.05, 0.1) is 11.8 Å². The maximum absolute atomic E-state index is 12.9. The van der Waals surface area contributed by atoms with Gasteiger partial charge < -0.3 is 5.32 Å². The van der Waals surface area contributed by atoms with Gasteiger partial charge in [0.15, 0.2) is 0 Å². The highest BCUT2D eigenvalue weighted by atomic mass is 35.5. The smallest absolute Gasteiger partial charge is 0.254 e. The van der Waals surface area contributed by atoms with Gasteiger partial charge in [-0.3, -0.25) is 4.79 Å². The standard InChI is InChI=1S/C11H12ClFN2OS/c12-10-9(3-8(13)5-14-10)11(16)15-4-7-1-2-17-6-7/h3,5,7H,1-2,4,6H2,(H,15,16). The Balaban J connectivity index is 1.96. The Bertz CT molecular complexity index is 424. The van der Waals surface area contributed by atoms with E-state index in [-0.39, 0.29) is 16.6 Å². The van der Waals surface area contributed by atoms with E-state index in [0.29, 0.717) is 12.5 Å². The molecular formula is C11H12ClFN2OS. The topological polar surface area (TPSA) is 42.0 Å². The molecule has 1 aliphatic heterocycles. The van der Waals surface area contributed by atoms with Crippen LogP contribution in [0.25, 0.3) is 0 Å². The Morgan fingerprint density at radius 1 is 1.71 bits per heavy atom. The Labute approximate surface area is 108 Å². The second-order valence-electron chi connectivity index (χ2n) is 3.93. The lowest BCUT2D eigenvalue weighted by molar-refractivity contribution is 0.0948. The third-order valence-corrected chi connectivity index (χ3v) is 4.16. The van der Waals surface area contributed by atoms with Crippen molar-refractivity contribution in [3.05, 3.63) is 28.8 Å². The molecule has 1 fully saturated rings. The van der Waals surface area contributed by atoms with E-state index in [2.05, 4.69) is 10.3 Å². The number of carbonyl (C=O) groups excluding carboxylic acids is 1. The van der Waals surface area contributed by atoms with Crippen LogP contribution in [-0.2, 0) is 0 Å². The van der Waals surface area contributed by atoms with Crippen molar-refractivity contribution in [1.82, 2.24) is 10.3 Å². The highest BCUT2D eigenvalue weighted by Crippen LogP contribution is 2.22. The monoisotopic (exact) mass is 274 g/mol. The zero-order chi connectivity index (χ0) is 12.3. The van der Waals surface area contributed by atoms with Gasteiger partial charge >= 0.3 is 0 Å². The maximum Gasteiger partial charge on any atom is 0.254 e. The molecule has 1 saturated heterocycles. The number of pyridine rings is 1. The summed E-state index contributed by atoms with van der Waals surface area (Å²) in [5.41, 5.74) is 0.0947. The van der Waals surface area contributed by atoms with Gasteiger partial charge in [-0.2, -0.15) is 11.8 Å². The fourth-order valence-corrected chi connectivity index (χ4v) is 3.13. The van der Waals surface area contributed by atoms with E-state index < -0.39 is 5.82 Å². The fourth-order valence-electron chi connectivity index (χ4n) is 1.66. The van der Waals surface area contributed by atoms with Crippen LogP contribution < -0.4 is 5.32 Å². The van der Waals surface area contributed by atoms with Crippen LogP contribution in [0.5, 0.6) is 0 Å². The van der Waals surface area contributed by atoms with Crippen molar-refractivity contribution >= 4 is 29.3 Å². The molecule has 0 aliphatic carbocycles. The normalized spacial score (nSPS) is 19.3. The lowest BCUT2D eigenvalue weighted by Crippen LogP contribution is -2.29.